The molecule has 0 radical (unpaired) electrons. The number of phosphoric ester groups is 1. The highest BCUT2D eigenvalue weighted by Gasteiger charge is 2.25. The van der Waals surface area contributed by atoms with E-state index in [1.807, 2.05) is 0 Å². The number of hydrogen-bond acceptors (Lipinski definition) is 7. The fourth-order valence-electron chi connectivity index (χ4n) is 6.72. The quantitative estimate of drug-likeness (QED) is 0.0269. The molecule has 0 aromatic rings. The van der Waals surface area contributed by atoms with E-state index in [1.54, 1.807) is 0 Å². The van der Waals surface area contributed by atoms with Gasteiger partial charge in [-0.2, -0.15) is 0 Å². The van der Waals surface area contributed by atoms with Crippen LogP contribution in [0.3, 0.4) is 0 Å². The zero-order valence-electron chi connectivity index (χ0n) is 39.4. The van der Waals surface area contributed by atoms with Crippen molar-refractivity contribution in [3.8, 4) is 0 Å². The van der Waals surface area contributed by atoms with Crippen LogP contribution in [0.25, 0.3) is 0 Å². The van der Waals surface area contributed by atoms with Crippen LogP contribution in [-0.2, 0) is 27.9 Å². The largest absolute Gasteiger partial charge is 0.472 e. The highest BCUT2D eigenvalue weighted by atomic mass is 31.2. The van der Waals surface area contributed by atoms with Gasteiger partial charge in [-0.05, 0) is 83.5 Å². The molecule has 0 heterocycles. The van der Waals surface area contributed by atoms with Crippen molar-refractivity contribution in [2.45, 2.75) is 219 Å². The Morgan fingerprint density at radius 3 is 1.39 bits per heavy atom. The molecule has 8 nitrogen and oxygen atoms in total. The first-order valence-corrected chi connectivity index (χ1v) is 26.4. The highest BCUT2D eigenvalue weighted by molar-refractivity contribution is 7.47. The van der Waals surface area contributed by atoms with Crippen molar-refractivity contribution < 1.29 is 32.8 Å². The van der Waals surface area contributed by atoms with E-state index in [1.165, 1.54) is 116 Å². The molecule has 0 spiro atoms. The monoisotopic (exact) mass is 876 g/mol. The number of phosphoric acid groups is 1. The molecule has 9 heteroatoms. The smallest absolute Gasteiger partial charge is 0.457 e. The van der Waals surface area contributed by atoms with Crippen LogP contribution in [0.15, 0.2) is 72.9 Å². The van der Waals surface area contributed by atoms with E-state index in [2.05, 4.69) is 86.8 Å². The second-order valence-corrected chi connectivity index (χ2v) is 17.7. The van der Waals surface area contributed by atoms with Crippen molar-refractivity contribution in [3.05, 3.63) is 72.9 Å². The zero-order valence-corrected chi connectivity index (χ0v) is 40.3. The summed E-state index contributed by atoms with van der Waals surface area (Å²) in [4.78, 5) is 22.6. The maximum Gasteiger partial charge on any atom is 0.472 e. The third kappa shape index (κ3) is 48.8. The van der Waals surface area contributed by atoms with E-state index >= 15 is 0 Å². The van der Waals surface area contributed by atoms with Crippen LogP contribution in [0.1, 0.15) is 213 Å². The number of rotatable bonds is 47. The van der Waals surface area contributed by atoms with Gasteiger partial charge in [0.15, 0.2) is 0 Å². The molecule has 0 saturated heterocycles. The van der Waals surface area contributed by atoms with E-state index in [-0.39, 0.29) is 32.3 Å². The van der Waals surface area contributed by atoms with Crippen molar-refractivity contribution >= 4 is 13.8 Å². The van der Waals surface area contributed by atoms with Gasteiger partial charge in [0.2, 0.25) is 0 Å². The SMILES string of the molecule is CC/C=C\C/C=C\C/C=C\C/C=C\C/C=C\CCCCCCCCCCCCOCC(COP(=O)(O)OCCN)OC(=O)CCCCCCC/C=C\CCCCCCCCC. The average molecular weight is 876 g/mol. The summed E-state index contributed by atoms with van der Waals surface area (Å²) in [5.41, 5.74) is 5.38. The summed E-state index contributed by atoms with van der Waals surface area (Å²) in [6, 6.07) is 0. The van der Waals surface area contributed by atoms with Crippen LogP contribution in [0.2, 0.25) is 0 Å². The molecule has 0 aliphatic rings. The third-order valence-corrected chi connectivity index (χ3v) is 11.3. The number of allylic oxidation sites excluding steroid dienone is 12. The van der Waals surface area contributed by atoms with E-state index in [9.17, 15) is 14.3 Å². The van der Waals surface area contributed by atoms with Gasteiger partial charge in [0.1, 0.15) is 6.10 Å². The minimum Gasteiger partial charge on any atom is -0.457 e. The van der Waals surface area contributed by atoms with Gasteiger partial charge in [-0.1, -0.05) is 196 Å². The van der Waals surface area contributed by atoms with Gasteiger partial charge in [-0.3, -0.25) is 13.8 Å². The number of carbonyl (C=O) groups excluding carboxylic acids is 1. The molecule has 0 saturated carbocycles. The van der Waals surface area contributed by atoms with Gasteiger partial charge in [0.05, 0.1) is 19.8 Å². The van der Waals surface area contributed by atoms with E-state index in [0.717, 1.165) is 77.0 Å². The van der Waals surface area contributed by atoms with E-state index in [4.69, 9.17) is 24.3 Å². The summed E-state index contributed by atoms with van der Waals surface area (Å²) in [5.74, 6) is -0.341. The Morgan fingerprint density at radius 2 is 0.918 bits per heavy atom. The second kappa shape index (κ2) is 49.0. The fourth-order valence-corrected chi connectivity index (χ4v) is 7.49. The van der Waals surface area contributed by atoms with Crippen LogP contribution in [0.5, 0.6) is 0 Å². The Balaban J connectivity index is 3.96. The molecular formula is C52H94NO7P. The summed E-state index contributed by atoms with van der Waals surface area (Å²) < 4.78 is 33.5. The topological polar surface area (TPSA) is 117 Å². The third-order valence-electron chi connectivity index (χ3n) is 10.4. The van der Waals surface area contributed by atoms with Crippen molar-refractivity contribution in [1.82, 2.24) is 0 Å². The van der Waals surface area contributed by atoms with Crippen molar-refractivity contribution in [3.63, 3.8) is 0 Å². The predicted molar refractivity (Wildman–Crippen MR) is 261 cm³/mol. The Bertz CT molecular complexity index is 1160. The zero-order chi connectivity index (χ0) is 44.4. The molecule has 0 aromatic carbocycles. The van der Waals surface area contributed by atoms with Gasteiger partial charge in [-0.15, -0.1) is 0 Å². The molecule has 2 unspecified atom stereocenters. The number of esters is 1. The molecular weight excluding hydrogens is 782 g/mol. The second-order valence-electron chi connectivity index (χ2n) is 16.3. The Hall–Kier alpha value is -2.06. The number of carbonyl (C=O) groups is 1. The Kier molecular flexibility index (Phi) is 47.3. The molecule has 0 aromatic heterocycles. The normalized spacial score (nSPS) is 14.0. The summed E-state index contributed by atoms with van der Waals surface area (Å²) in [6.07, 6.45) is 62.2. The number of hydrogen-bond donors (Lipinski definition) is 2. The average Bonchev–Trinajstić information content (AvgIpc) is 3.25. The predicted octanol–water partition coefficient (Wildman–Crippen LogP) is 15.5. The first-order chi connectivity index (χ1) is 29.9. The van der Waals surface area contributed by atoms with Gasteiger partial charge in [-0.25, -0.2) is 4.57 Å². The first-order valence-electron chi connectivity index (χ1n) is 24.9. The summed E-state index contributed by atoms with van der Waals surface area (Å²) in [6.45, 7) is 4.79. The lowest BCUT2D eigenvalue weighted by Gasteiger charge is -2.20. The molecule has 0 aliphatic carbocycles. The maximum absolute atomic E-state index is 12.6. The molecule has 2 atom stereocenters. The Morgan fingerprint density at radius 1 is 0.508 bits per heavy atom. The fraction of sp³-hybridized carbons (Fsp3) is 0.750. The van der Waals surface area contributed by atoms with Crippen molar-refractivity contribution in [2.75, 3.05) is 33.0 Å². The molecule has 354 valence electrons. The maximum atomic E-state index is 12.6. The van der Waals surface area contributed by atoms with Crippen LogP contribution >= 0.6 is 7.82 Å². The molecule has 61 heavy (non-hydrogen) atoms. The van der Waals surface area contributed by atoms with Crippen molar-refractivity contribution in [2.24, 2.45) is 5.73 Å². The number of ether oxygens (including phenoxy) is 2. The van der Waals surface area contributed by atoms with Crippen LogP contribution in [-0.4, -0.2) is 49.9 Å². The molecule has 0 aliphatic heterocycles. The molecule has 0 amide bonds. The molecule has 3 N–H and O–H groups in total. The van der Waals surface area contributed by atoms with Crippen molar-refractivity contribution in [1.29, 1.82) is 0 Å². The van der Waals surface area contributed by atoms with Gasteiger partial charge < -0.3 is 20.1 Å². The summed E-state index contributed by atoms with van der Waals surface area (Å²) in [7, 11) is -4.29. The minimum absolute atomic E-state index is 0.0957. The minimum atomic E-state index is -4.29. The number of nitrogens with two attached hydrogens (primary N) is 1. The van der Waals surface area contributed by atoms with E-state index in [0.29, 0.717) is 13.0 Å². The van der Waals surface area contributed by atoms with Crippen LogP contribution in [0.4, 0.5) is 0 Å². The lowest BCUT2D eigenvalue weighted by Crippen LogP contribution is -2.28. The molecule has 0 rings (SSSR count). The lowest BCUT2D eigenvalue weighted by molar-refractivity contribution is -0.154. The number of unbranched alkanes of at least 4 members (excludes halogenated alkanes) is 22. The van der Waals surface area contributed by atoms with Gasteiger partial charge >= 0.3 is 13.8 Å². The summed E-state index contributed by atoms with van der Waals surface area (Å²) in [5, 5.41) is 0. The van der Waals surface area contributed by atoms with E-state index < -0.39 is 13.9 Å². The standard InChI is InChI=1S/C52H94NO7P/c1-3-5-7-9-11-13-15-17-19-21-22-23-24-25-26-27-28-29-30-32-34-36-38-40-42-44-47-57-49-51(50-59-61(55,56)58-48-46-53)60-52(54)45-43-41-39-37-35-33-31-20-18-16-14-12-10-8-6-4-2/h5,7,11,13,17,19-20,22-23,25-26,31,51H,3-4,6,8-10,12,14-16,18,21,24,27-30,32-50,53H2,1-2H3,(H,55,56)/b7-5-,13-11-,19-17-,23-22-,26-25-,31-20-. The molecule has 0 fully saturated rings. The lowest BCUT2D eigenvalue weighted by atomic mass is 10.1. The Labute approximate surface area is 376 Å². The highest BCUT2D eigenvalue weighted by Crippen LogP contribution is 2.43. The first kappa shape index (κ1) is 58.9. The summed E-state index contributed by atoms with van der Waals surface area (Å²) >= 11 is 0. The van der Waals surface area contributed by atoms with Crippen LogP contribution in [0, 0.1) is 0 Å². The van der Waals surface area contributed by atoms with Gasteiger partial charge in [0, 0.05) is 19.6 Å². The molecule has 0 bridgehead atoms. The van der Waals surface area contributed by atoms with Crippen LogP contribution < -0.4 is 5.73 Å². The van der Waals surface area contributed by atoms with Gasteiger partial charge in [0.25, 0.3) is 0 Å².